The van der Waals surface area contributed by atoms with Crippen LogP contribution in [0.3, 0.4) is 0 Å². The molecule has 0 amide bonds. The average Bonchev–Trinajstić information content (AvgIpc) is 3.26. The zero-order valence-corrected chi connectivity index (χ0v) is 14.7. The van der Waals surface area contributed by atoms with Gasteiger partial charge in [0.15, 0.2) is 0 Å². The van der Waals surface area contributed by atoms with Crippen molar-refractivity contribution in [3.8, 4) is 0 Å². The largest absolute Gasteiger partial charge is 0.396 e. The molecule has 1 fully saturated rings. The van der Waals surface area contributed by atoms with Gasteiger partial charge in [0.2, 0.25) is 0 Å². The topological polar surface area (TPSA) is 63.0 Å². The van der Waals surface area contributed by atoms with Crippen LogP contribution in [-0.4, -0.2) is 26.5 Å². The van der Waals surface area contributed by atoms with Crippen molar-refractivity contribution >= 4 is 0 Å². The van der Waals surface area contributed by atoms with Crippen LogP contribution in [0.4, 0.5) is 0 Å². The summed E-state index contributed by atoms with van der Waals surface area (Å²) in [6.07, 6.45) is 6.12. The first-order chi connectivity index (χ1) is 11.7. The lowest BCUT2D eigenvalue weighted by atomic mass is 9.76. The Kier molecular flexibility index (Phi) is 5.31. The Morgan fingerprint density at radius 2 is 1.92 bits per heavy atom. The van der Waals surface area contributed by atoms with E-state index in [9.17, 15) is 5.11 Å². The van der Waals surface area contributed by atoms with Crippen molar-refractivity contribution in [2.45, 2.75) is 58.2 Å². The molecular formula is C19H28N4O. The lowest BCUT2D eigenvalue weighted by Gasteiger charge is -2.37. The number of hydrogen-bond donors (Lipinski definition) is 2. The number of rotatable bonds is 7. The molecule has 1 atom stereocenters. The first-order valence-electron chi connectivity index (χ1n) is 8.94. The van der Waals surface area contributed by atoms with E-state index in [-0.39, 0.29) is 24.1 Å². The van der Waals surface area contributed by atoms with Crippen molar-refractivity contribution in [3.05, 3.63) is 48.0 Å². The van der Waals surface area contributed by atoms with Crippen LogP contribution in [0.5, 0.6) is 0 Å². The summed E-state index contributed by atoms with van der Waals surface area (Å²) in [5.74, 6) is 0.942. The Morgan fingerprint density at radius 1 is 1.21 bits per heavy atom. The molecule has 1 aliphatic carbocycles. The van der Waals surface area contributed by atoms with E-state index in [4.69, 9.17) is 0 Å². The highest BCUT2D eigenvalue weighted by molar-refractivity contribution is 5.22. The van der Waals surface area contributed by atoms with Gasteiger partial charge >= 0.3 is 0 Å². The predicted molar refractivity (Wildman–Crippen MR) is 94.4 cm³/mol. The molecule has 1 saturated carbocycles. The van der Waals surface area contributed by atoms with Crippen molar-refractivity contribution in [1.82, 2.24) is 20.1 Å². The van der Waals surface area contributed by atoms with Crippen LogP contribution in [0, 0.1) is 5.41 Å². The number of benzene rings is 1. The van der Waals surface area contributed by atoms with Gasteiger partial charge in [0.05, 0.1) is 13.2 Å². The van der Waals surface area contributed by atoms with Gasteiger partial charge in [-0.3, -0.25) is 0 Å². The van der Waals surface area contributed by atoms with E-state index in [1.165, 1.54) is 18.4 Å². The minimum absolute atomic E-state index is 0.0793. The molecule has 0 aliphatic heterocycles. The molecule has 1 unspecified atom stereocenters. The molecule has 2 N–H and O–H groups in total. The molecule has 0 saturated heterocycles. The fourth-order valence-corrected chi connectivity index (χ4v) is 3.98. The lowest BCUT2D eigenvalue weighted by Crippen LogP contribution is -2.39. The maximum Gasteiger partial charge on any atom is 0.141 e. The normalized spacial score (nSPS) is 18.2. The summed E-state index contributed by atoms with van der Waals surface area (Å²) in [7, 11) is 0. The minimum Gasteiger partial charge on any atom is -0.396 e. The third kappa shape index (κ3) is 3.37. The van der Waals surface area contributed by atoms with E-state index in [1.807, 2.05) is 10.7 Å². The number of nitrogens with zero attached hydrogens (tertiary/aromatic N) is 3. The van der Waals surface area contributed by atoms with Gasteiger partial charge in [-0.05, 0) is 32.3 Å². The predicted octanol–water partition coefficient (Wildman–Crippen LogP) is 3.24. The van der Waals surface area contributed by atoms with Gasteiger partial charge in [-0.25, -0.2) is 9.67 Å². The van der Waals surface area contributed by atoms with E-state index >= 15 is 0 Å². The second-order valence-corrected chi connectivity index (χ2v) is 7.17. The quantitative estimate of drug-likeness (QED) is 0.819. The molecule has 3 rings (SSSR count). The van der Waals surface area contributed by atoms with E-state index in [0.717, 1.165) is 18.7 Å². The van der Waals surface area contributed by atoms with Crippen LogP contribution < -0.4 is 5.32 Å². The molecule has 1 aliphatic rings. The SMILES string of the molecule is CC(C)n1ncnc1CNC(c1ccccc1)C1(CO)CCCC1. The maximum atomic E-state index is 10.2. The van der Waals surface area contributed by atoms with Crippen LogP contribution in [0.2, 0.25) is 0 Å². The molecule has 0 radical (unpaired) electrons. The Bertz CT molecular complexity index is 632. The Labute approximate surface area is 144 Å². The third-order valence-corrected chi connectivity index (χ3v) is 5.26. The Hall–Kier alpha value is -1.72. The van der Waals surface area contributed by atoms with Crippen molar-refractivity contribution < 1.29 is 5.11 Å². The maximum absolute atomic E-state index is 10.2. The molecule has 1 aromatic heterocycles. The Morgan fingerprint density at radius 3 is 2.54 bits per heavy atom. The summed E-state index contributed by atoms with van der Waals surface area (Å²) in [5.41, 5.74) is 1.16. The average molecular weight is 328 g/mol. The summed E-state index contributed by atoms with van der Waals surface area (Å²) in [5, 5.41) is 18.2. The second kappa shape index (κ2) is 7.45. The Balaban J connectivity index is 1.84. The molecular weight excluding hydrogens is 300 g/mol. The smallest absolute Gasteiger partial charge is 0.141 e. The van der Waals surface area contributed by atoms with Crippen LogP contribution >= 0.6 is 0 Å². The highest BCUT2D eigenvalue weighted by Crippen LogP contribution is 2.47. The van der Waals surface area contributed by atoms with Gasteiger partial charge in [-0.1, -0.05) is 43.2 Å². The molecule has 1 aromatic carbocycles. The third-order valence-electron chi connectivity index (χ3n) is 5.26. The monoisotopic (exact) mass is 328 g/mol. The number of aliphatic hydroxyl groups is 1. The van der Waals surface area contributed by atoms with E-state index in [2.05, 4.69) is 53.5 Å². The van der Waals surface area contributed by atoms with Crippen molar-refractivity contribution in [2.75, 3.05) is 6.61 Å². The fraction of sp³-hybridized carbons (Fsp3) is 0.579. The molecule has 1 heterocycles. The molecule has 0 spiro atoms. The first-order valence-corrected chi connectivity index (χ1v) is 8.94. The van der Waals surface area contributed by atoms with Crippen molar-refractivity contribution in [1.29, 1.82) is 0 Å². The van der Waals surface area contributed by atoms with Gasteiger partial charge in [0, 0.05) is 17.5 Å². The van der Waals surface area contributed by atoms with Crippen molar-refractivity contribution in [3.63, 3.8) is 0 Å². The number of aliphatic hydroxyl groups excluding tert-OH is 1. The highest BCUT2D eigenvalue weighted by Gasteiger charge is 2.41. The summed E-state index contributed by atoms with van der Waals surface area (Å²) in [6, 6.07) is 10.9. The van der Waals surface area contributed by atoms with Gasteiger partial charge in [0.1, 0.15) is 12.2 Å². The molecule has 24 heavy (non-hydrogen) atoms. The second-order valence-electron chi connectivity index (χ2n) is 7.17. The van der Waals surface area contributed by atoms with Crippen LogP contribution in [0.1, 0.15) is 63.0 Å². The minimum atomic E-state index is -0.0793. The van der Waals surface area contributed by atoms with Gasteiger partial charge in [-0.2, -0.15) is 5.10 Å². The summed E-state index contributed by atoms with van der Waals surface area (Å²) in [6.45, 7) is 5.09. The van der Waals surface area contributed by atoms with Gasteiger partial charge < -0.3 is 10.4 Å². The summed E-state index contributed by atoms with van der Waals surface area (Å²) >= 11 is 0. The molecule has 0 bridgehead atoms. The van der Waals surface area contributed by atoms with Crippen LogP contribution in [-0.2, 0) is 6.54 Å². The van der Waals surface area contributed by atoms with Gasteiger partial charge in [0.25, 0.3) is 0 Å². The van der Waals surface area contributed by atoms with E-state index in [0.29, 0.717) is 6.54 Å². The van der Waals surface area contributed by atoms with Crippen LogP contribution in [0.15, 0.2) is 36.7 Å². The zero-order chi connectivity index (χ0) is 17.0. The van der Waals surface area contributed by atoms with E-state index in [1.54, 1.807) is 6.33 Å². The lowest BCUT2D eigenvalue weighted by molar-refractivity contribution is 0.0844. The molecule has 5 nitrogen and oxygen atoms in total. The first kappa shape index (κ1) is 17.1. The standard InChI is InChI=1S/C19H28N4O/c1-15(2)23-17(21-14-22-23)12-20-18(16-8-4-3-5-9-16)19(13-24)10-6-7-11-19/h3-5,8-9,14-15,18,20,24H,6-7,10-13H2,1-2H3. The summed E-state index contributed by atoms with van der Waals surface area (Å²) < 4.78 is 1.95. The van der Waals surface area contributed by atoms with Crippen LogP contribution in [0.25, 0.3) is 0 Å². The zero-order valence-electron chi connectivity index (χ0n) is 14.7. The number of aromatic nitrogens is 3. The fourth-order valence-electron chi connectivity index (χ4n) is 3.98. The number of hydrogen-bond acceptors (Lipinski definition) is 4. The van der Waals surface area contributed by atoms with E-state index < -0.39 is 0 Å². The molecule has 2 aromatic rings. The molecule has 5 heteroatoms. The number of nitrogens with one attached hydrogen (secondary N) is 1. The summed E-state index contributed by atoms with van der Waals surface area (Å²) in [4.78, 5) is 4.41. The molecule has 130 valence electrons. The highest BCUT2D eigenvalue weighted by atomic mass is 16.3. The van der Waals surface area contributed by atoms with Crippen molar-refractivity contribution in [2.24, 2.45) is 5.41 Å². The van der Waals surface area contributed by atoms with Gasteiger partial charge in [-0.15, -0.1) is 0 Å².